The van der Waals surface area contributed by atoms with E-state index < -0.39 is 5.97 Å². The van der Waals surface area contributed by atoms with Crippen LogP contribution in [0.5, 0.6) is 0 Å². The zero-order valence-electron chi connectivity index (χ0n) is 10.8. The van der Waals surface area contributed by atoms with Gasteiger partial charge in [-0.05, 0) is 32.3 Å². The number of ether oxygens (including phenoxy) is 1. The number of carboxylic acids is 1. The van der Waals surface area contributed by atoms with Gasteiger partial charge in [0.25, 0.3) is 0 Å². The van der Waals surface area contributed by atoms with E-state index in [4.69, 9.17) is 14.3 Å². The van der Waals surface area contributed by atoms with Crippen molar-refractivity contribution in [3.8, 4) is 0 Å². The van der Waals surface area contributed by atoms with Crippen molar-refractivity contribution in [2.45, 2.75) is 46.8 Å². The molecular formula is C13H20O4. The molecule has 4 heteroatoms. The minimum Gasteiger partial charge on any atom is -0.475 e. The van der Waals surface area contributed by atoms with Crippen LogP contribution in [-0.4, -0.2) is 17.2 Å². The average Bonchev–Trinajstić information content (AvgIpc) is 2.56. The summed E-state index contributed by atoms with van der Waals surface area (Å²) in [6, 6.07) is 1.53. The van der Waals surface area contributed by atoms with Crippen molar-refractivity contribution in [3.05, 3.63) is 23.2 Å². The Balaban J connectivity index is 2.54. The molecule has 0 aromatic carbocycles. The topological polar surface area (TPSA) is 59.7 Å². The summed E-state index contributed by atoms with van der Waals surface area (Å²) in [5.41, 5.74) is 0.804. The van der Waals surface area contributed by atoms with Crippen LogP contribution < -0.4 is 0 Å². The van der Waals surface area contributed by atoms with Gasteiger partial charge in [-0.25, -0.2) is 4.79 Å². The Morgan fingerprint density at radius 2 is 2.12 bits per heavy atom. The highest BCUT2D eigenvalue weighted by Gasteiger charge is 2.14. The fourth-order valence-electron chi connectivity index (χ4n) is 1.73. The molecule has 1 rings (SSSR count). The van der Waals surface area contributed by atoms with Crippen LogP contribution in [0.1, 0.15) is 49.1 Å². The number of furan rings is 1. The Hall–Kier alpha value is -1.29. The standard InChI is InChI=1S/C13H20O4/c1-8(2)5-9(3)16-7-11-6-12(13(14)15)17-10(11)4/h6,8-9H,5,7H2,1-4H3,(H,14,15). The quantitative estimate of drug-likeness (QED) is 0.829. The zero-order valence-corrected chi connectivity index (χ0v) is 10.8. The van der Waals surface area contributed by atoms with Crippen molar-refractivity contribution < 1.29 is 19.1 Å². The molecule has 1 aromatic rings. The lowest BCUT2D eigenvalue weighted by molar-refractivity contribution is 0.0391. The van der Waals surface area contributed by atoms with Gasteiger partial charge in [-0.1, -0.05) is 13.8 Å². The summed E-state index contributed by atoms with van der Waals surface area (Å²) in [4.78, 5) is 10.7. The summed E-state index contributed by atoms with van der Waals surface area (Å²) in [7, 11) is 0. The maximum Gasteiger partial charge on any atom is 0.371 e. The van der Waals surface area contributed by atoms with Crippen LogP contribution in [0.4, 0.5) is 0 Å². The smallest absolute Gasteiger partial charge is 0.371 e. The highest BCUT2D eigenvalue weighted by molar-refractivity contribution is 5.84. The first-order valence-corrected chi connectivity index (χ1v) is 5.84. The van der Waals surface area contributed by atoms with Gasteiger partial charge in [0.05, 0.1) is 12.7 Å². The van der Waals surface area contributed by atoms with E-state index in [9.17, 15) is 4.79 Å². The maximum absolute atomic E-state index is 10.7. The number of aromatic carboxylic acids is 1. The predicted octanol–water partition coefficient (Wildman–Crippen LogP) is 3.24. The van der Waals surface area contributed by atoms with Crippen LogP contribution in [0, 0.1) is 12.8 Å². The number of carboxylic acid groups (broad SMARTS) is 1. The van der Waals surface area contributed by atoms with E-state index in [2.05, 4.69) is 13.8 Å². The van der Waals surface area contributed by atoms with Crippen molar-refractivity contribution in [3.63, 3.8) is 0 Å². The molecule has 0 fully saturated rings. The molecule has 4 nitrogen and oxygen atoms in total. The van der Waals surface area contributed by atoms with Crippen molar-refractivity contribution in [1.29, 1.82) is 0 Å². The van der Waals surface area contributed by atoms with Crippen molar-refractivity contribution in [2.24, 2.45) is 5.92 Å². The molecule has 0 aliphatic rings. The monoisotopic (exact) mass is 240 g/mol. The lowest BCUT2D eigenvalue weighted by atomic mass is 10.1. The van der Waals surface area contributed by atoms with Gasteiger partial charge < -0.3 is 14.3 Å². The van der Waals surface area contributed by atoms with E-state index in [1.165, 1.54) is 6.07 Å². The molecule has 0 aliphatic carbocycles. The second-order valence-electron chi connectivity index (χ2n) is 4.75. The summed E-state index contributed by atoms with van der Waals surface area (Å²) < 4.78 is 10.8. The Kier molecular flexibility index (Phi) is 4.75. The Morgan fingerprint density at radius 1 is 1.47 bits per heavy atom. The molecule has 0 spiro atoms. The van der Waals surface area contributed by atoms with Crippen molar-refractivity contribution in [2.75, 3.05) is 0 Å². The maximum atomic E-state index is 10.7. The Morgan fingerprint density at radius 3 is 2.59 bits per heavy atom. The summed E-state index contributed by atoms with van der Waals surface area (Å²) in [6.45, 7) is 8.46. The highest BCUT2D eigenvalue weighted by Crippen LogP contribution is 2.17. The second kappa shape index (κ2) is 5.87. The second-order valence-corrected chi connectivity index (χ2v) is 4.75. The third-order valence-electron chi connectivity index (χ3n) is 2.56. The highest BCUT2D eigenvalue weighted by atomic mass is 16.5. The van der Waals surface area contributed by atoms with Crippen LogP contribution in [0.3, 0.4) is 0 Å². The molecule has 1 unspecified atom stereocenters. The van der Waals surface area contributed by atoms with Gasteiger partial charge in [0.1, 0.15) is 5.76 Å². The first kappa shape index (κ1) is 13.8. The summed E-state index contributed by atoms with van der Waals surface area (Å²) in [5, 5.41) is 8.78. The van der Waals surface area contributed by atoms with E-state index in [1.807, 2.05) is 6.92 Å². The van der Waals surface area contributed by atoms with Crippen LogP contribution in [0.2, 0.25) is 0 Å². The molecule has 0 bridgehead atoms. The van der Waals surface area contributed by atoms with Crippen LogP contribution >= 0.6 is 0 Å². The molecule has 0 aliphatic heterocycles. The fourth-order valence-corrected chi connectivity index (χ4v) is 1.73. The molecule has 1 N–H and O–H groups in total. The molecule has 1 atom stereocenters. The predicted molar refractivity (Wildman–Crippen MR) is 64.1 cm³/mol. The first-order chi connectivity index (χ1) is 7.90. The van der Waals surface area contributed by atoms with Gasteiger partial charge in [-0.2, -0.15) is 0 Å². The molecule has 0 radical (unpaired) electrons. The fraction of sp³-hybridized carbons (Fsp3) is 0.615. The minimum absolute atomic E-state index is 0.0300. The molecular weight excluding hydrogens is 220 g/mol. The van der Waals surface area contributed by atoms with Crippen LogP contribution in [0.25, 0.3) is 0 Å². The van der Waals surface area contributed by atoms with Gasteiger partial charge in [0.2, 0.25) is 5.76 Å². The Bertz CT molecular complexity index is 379. The SMILES string of the molecule is Cc1oc(C(=O)O)cc1COC(C)CC(C)C. The third kappa shape index (κ3) is 4.23. The number of hydrogen-bond donors (Lipinski definition) is 1. The number of rotatable bonds is 6. The zero-order chi connectivity index (χ0) is 13.0. The normalized spacial score (nSPS) is 13.0. The molecule has 17 heavy (non-hydrogen) atoms. The van der Waals surface area contributed by atoms with Crippen LogP contribution in [-0.2, 0) is 11.3 Å². The third-order valence-corrected chi connectivity index (χ3v) is 2.56. The largest absolute Gasteiger partial charge is 0.475 e. The number of hydrogen-bond acceptors (Lipinski definition) is 3. The molecule has 96 valence electrons. The van der Waals surface area contributed by atoms with Crippen molar-refractivity contribution >= 4 is 5.97 Å². The molecule has 0 saturated heterocycles. The lowest BCUT2D eigenvalue weighted by Crippen LogP contribution is -2.11. The van der Waals surface area contributed by atoms with Gasteiger partial charge in [-0.15, -0.1) is 0 Å². The first-order valence-electron chi connectivity index (χ1n) is 5.84. The summed E-state index contributed by atoms with van der Waals surface area (Å²) in [5.74, 6) is 0.122. The van der Waals surface area contributed by atoms with Gasteiger partial charge in [-0.3, -0.25) is 0 Å². The average molecular weight is 240 g/mol. The van der Waals surface area contributed by atoms with E-state index >= 15 is 0 Å². The number of carbonyl (C=O) groups is 1. The van der Waals surface area contributed by atoms with Gasteiger partial charge in [0, 0.05) is 5.56 Å². The van der Waals surface area contributed by atoms with E-state index in [1.54, 1.807) is 6.92 Å². The van der Waals surface area contributed by atoms with E-state index in [0.717, 1.165) is 12.0 Å². The lowest BCUT2D eigenvalue weighted by Gasteiger charge is -2.14. The van der Waals surface area contributed by atoms with Gasteiger partial charge in [0.15, 0.2) is 0 Å². The van der Waals surface area contributed by atoms with Crippen LogP contribution in [0.15, 0.2) is 10.5 Å². The molecule has 1 aromatic heterocycles. The molecule has 1 heterocycles. The number of aryl methyl sites for hydroxylation is 1. The van der Waals surface area contributed by atoms with Crippen molar-refractivity contribution in [1.82, 2.24) is 0 Å². The summed E-state index contributed by atoms with van der Waals surface area (Å²) >= 11 is 0. The minimum atomic E-state index is -1.05. The van der Waals surface area contributed by atoms with Gasteiger partial charge >= 0.3 is 5.97 Å². The summed E-state index contributed by atoms with van der Waals surface area (Å²) in [6.07, 6.45) is 1.15. The molecule has 0 saturated carbocycles. The molecule has 0 amide bonds. The Labute approximate surface area is 102 Å². The van der Waals surface area contributed by atoms with E-state index in [-0.39, 0.29) is 11.9 Å². The van der Waals surface area contributed by atoms with E-state index in [0.29, 0.717) is 18.3 Å².